The lowest BCUT2D eigenvalue weighted by molar-refractivity contribution is -0.144. The summed E-state index contributed by atoms with van der Waals surface area (Å²) in [6.45, 7) is 3.59. The minimum Gasteiger partial charge on any atom is -0.464 e. The normalized spacial score (nSPS) is 11.7. The molecule has 0 fully saturated rings. The van der Waals surface area contributed by atoms with Crippen LogP contribution in [0.2, 0.25) is 0 Å². The van der Waals surface area contributed by atoms with Gasteiger partial charge in [-0.25, -0.2) is 14.6 Å². The van der Waals surface area contributed by atoms with E-state index in [9.17, 15) is 9.59 Å². The van der Waals surface area contributed by atoms with Crippen LogP contribution in [0, 0.1) is 0 Å². The van der Waals surface area contributed by atoms with Crippen LogP contribution < -0.4 is 10.6 Å². The van der Waals surface area contributed by atoms with Crippen molar-refractivity contribution in [1.29, 1.82) is 0 Å². The zero-order valence-electron chi connectivity index (χ0n) is 19.3. The van der Waals surface area contributed by atoms with Gasteiger partial charge >= 0.3 is 12.0 Å². The number of amides is 2. The number of esters is 1. The Bertz CT molecular complexity index is 1280. The van der Waals surface area contributed by atoms with E-state index < -0.39 is 18.0 Å². The summed E-state index contributed by atoms with van der Waals surface area (Å²) in [4.78, 5) is 28.9. The molecule has 0 aliphatic carbocycles. The number of aromatic nitrogens is 2. The molecule has 1 unspecified atom stereocenters. The highest BCUT2D eigenvalue weighted by molar-refractivity contribution is 5.92. The number of hydrogen-bond acceptors (Lipinski definition) is 4. The molecule has 7 heteroatoms. The van der Waals surface area contributed by atoms with Gasteiger partial charge in [-0.15, -0.1) is 0 Å². The Kier molecular flexibility index (Phi) is 7.22. The molecule has 2 amide bonds. The lowest BCUT2D eigenvalue weighted by Gasteiger charge is -2.14. The summed E-state index contributed by atoms with van der Waals surface area (Å²) in [5.74, 6) is 0.513. The largest absolute Gasteiger partial charge is 0.464 e. The van der Waals surface area contributed by atoms with Gasteiger partial charge < -0.3 is 15.4 Å². The van der Waals surface area contributed by atoms with Gasteiger partial charge in [-0.2, -0.15) is 0 Å². The predicted octanol–water partition coefficient (Wildman–Crippen LogP) is 4.88. The maximum Gasteiger partial charge on any atom is 0.328 e. The molecule has 1 atom stereocenters. The molecule has 174 valence electrons. The third-order valence-electron chi connectivity index (χ3n) is 5.45. The second-order valence-corrected chi connectivity index (χ2v) is 7.96. The lowest BCUT2D eigenvalue weighted by atomic mass is 10.1. The highest BCUT2D eigenvalue weighted by atomic mass is 16.5. The molecular formula is C27H28N4O3. The number of nitrogens with zero attached hydrogens (tertiary/aromatic N) is 2. The van der Waals surface area contributed by atoms with E-state index in [2.05, 4.69) is 33.4 Å². The molecule has 34 heavy (non-hydrogen) atoms. The molecule has 4 aromatic rings. The summed E-state index contributed by atoms with van der Waals surface area (Å²) in [6, 6.07) is 24.8. The van der Waals surface area contributed by atoms with Crippen LogP contribution in [0.4, 0.5) is 10.5 Å². The number of fused-ring (bicyclic) bond motifs is 1. The van der Waals surface area contributed by atoms with Gasteiger partial charge in [-0.05, 0) is 62.2 Å². The number of hydrogen-bond donors (Lipinski definition) is 2. The predicted molar refractivity (Wildman–Crippen MR) is 133 cm³/mol. The van der Waals surface area contributed by atoms with Crippen LogP contribution in [0.5, 0.6) is 0 Å². The first-order chi connectivity index (χ1) is 16.5. The molecule has 1 heterocycles. The Morgan fingerprint density at radius 3 is 2.53 bits per heavy atom. The minimum absolute atomic E-state index is 0.270. The van der Waals surface area contributed by atoms with Crippen molar-refractivity contribution in [3.05, 3.63) is 90.3 Å². The van der Waals surface area contributed by atoms with Gasteiger partial charge in [0.2, 0.25) is 0 Å². The molecule has 2 N–H and O–H groups in total. The topological polar surface area (TPSA) is 85.2 Å². The molecule has 4 rings (SSSR count). The summed E-state index contributed by atoms with van der Waals surface area (Å²) in [7, 11) is 0. The van der Waals surface area contributed by atoms with Crippen molar-refractivity contribution < 1.29 is 14.3 Å². The van der Waals surface area contributed by atoms with Crippen LogP contribution in [0.25, 0.3) is 16.7 Å². The van der Waals surface area contributed by atoms with Crippen molar-refractivity contribution >= 4 is 28.7 Å². The van der Waals surface area contributed by atoms with Gasteiger partial charge in [-0.3, -0.25) is 4.57 Å². The zero-order valence-corrected chi connectivity index (χ0v) is 19.3. The van der Waals surface area contributed by atoms with Gasteiger partial charge in [0.15, 0.2) is 0 Å². The van der Waals surface area contributed by atoms with Crippen LogP contribution in [-0.2, 0) is 22.4 Å². The number of aryl methyl sites for hydroxylation is 2. The average Bonchev–Trinajstić information content (AvgIpc) is 3.22. The number of rotatable bonds is 8. The standard InChI is InChI=1S/C27H28N4O3/c1-3-34-26(32)19(2)28-27(33)29-21-11-9-10-20(18-21)16-17-25-30-23-14-7-8-15-24(23)31(25)22-12-5-4-6-13-22/h4-15,18-19H,3,16-17H2,1-2H3,(H2,28,29,33). The van der Waals surface area contributed by atoms with Gasteiger partial charge in [-0.1, -0.05) is 42.5 Å². The van der Waals surface area contributed by atoms with E-state index >= 15 is 0 Å². The zero-order chi connectivity index (χ0) is 23.9. The molecule has 0 bridgehead atoms. The van der Waals surface area contributed by atoms with Crippen LogP contribution in [0.3, 0.4) is 0 Å². The van der Waals surface area contributed by atoms with Gasteiger partial charge in [0.05, 0.1) is 17.6 Å². The van der Waals surface area contributed by atoms with Gasteiger partial charge in [0, 0.05) is 17.8 Å². The minimum atomic E-state index is -0.728. The number of anilines is 1. The second-order valence-electron chi connectivity index (χ2n) is 7.96. The van der Waals surface area contributed by atoms with E-state index in [1.807, 2.05) is 60.7 Å². The number of imidazole rings is 1. The Morgan fingerprint density at radius 2 is 1.74 bits per heavy atom. The molecule has 3 aromatic carbocycles. The number of nitrogens with one attached hydrogen (secondary N) is 2. The highest BCUT2D eigenvalue weighted by Gasteiger charge is 2.17. The Balaban J connectivity index is 1.47. The highest BCUT2D eigenvalue weighted by Crippen LogP contribution is 2.23. The van der Waals surface area contributed by atoms with E-state index in [4.69, 9.17) is 9.72 Å². The molecule has 7 nitrogen and oxygen atoms in total. The third kappa shape index (κ3) is 5.43. The number of benzene rings is 3. The first kappa shape index (κ1) is 23.0. The first-order valence-electron chi connectivity index (χ1n) is 11.4. The summed E-state index contributed by atoms with van der Waals surface area (Å²) >= 11 is 0. The fraction of sp³-hybridized carbons (Fsp3) is 0.222. The first-order valence-corrected chi connectivity index (χ1v) is 11.4. The van der Waals surface area contributed by atoms with Crippen LogP contribution in [0.1, 0.15) is 25.2 Å². The fourth-order valence-electron chi connectivity index (χ4n) is 3.86. The molecule has 0 saturated heterocycles. The van der Waals surface area contributed by atoms with Crippen molar-refractivity contribution in [2.75, 3.05) is 11.9 Å². The van der Waals surface area contributed by atoms with Crippen molar-refractivity contribution in [3.63, 3.8) is 0 Å². The van der Waals surface area contributed by atoms with Crippen molar-refractivity contribution in [1.82, 2.24) is 14.9 Å². The molecule has 0 spiro atoms. The number of urea groups is 1. The number of carbonyl (C=O) groups is 2. The SMILES string of the molecule is CCOC(=O)C(C)NC(=O)Nc1cccc(CCc2nc3ccccc3n2-c2ccccc2)c1. The van der Waals surface area contributed by atoms with Crippen molar-refractivity contribution in [3.8, 4) is 5.69 Å². The van der Waals surface area contributed by atoms with Crippen LogP contribution >= 0.6 is 0 Å². The monoisotopic (exact) mass is 456 g/mol. The molecular weight excluding hydrogens is 428 g/mol. The van der Waals surface area contributed by atoms with Crippen LogP contribution in [0.15, 0.2) is 78.9 Å². The fourth-order valence-corrected chi connectivity index (χ4v) is 3.86. The Hall–Kier alpha value is -4.13. The van der Waals surface area contributed by atoms with Gasteiger partial charge in [0.1, 0.15) is 11.9 Å². The third-order valence-corrected chi connectivity index (χ3v) is 5.45. The Morgan fingerprint density at radius 1 is 0.971 bits per heavy atom. The smallest absolute Gasteiger partial charge is 0.328 e. The molecule has 0 aliphatic heterocycles. The van der Waals surface area contributed by atoms with Gasteiger partial charge in [0.25, 0.3) is 0 Å². The van der Waals surface area contributed by atoms with E-state index in [0.29, 0.717) is 5.69 Å². The quantitative estimate of drug-likeness (QED) is 0.370. The molecule has 1 aromatic heterocycles. The molecule has 0 saturated carbocycles. The van der Waals surface area contributed by atoms with E-state index in [1.54, 1.807) is 13.8 Å². The average molecular weight is 457 g/mol. The van der Waals surface area contributed by atoms with Crippen LogP contribution in [-0.4, -0.2) is 34.2 Å². The Labute approximate surface area is 198 Å². The van der Waals surface area contributed by atoms with Crippen molar-refractivity contribution in [2.24, 2.45) is 0 Å². The summed E-state index contributed by atoms with van der Waals surface area (Å²) in [5.41, 5.74) is 4.84. The lowest BCUT2D eigenvalue weighted by Crippen LogP contribution is -2.41. The summed E-state index contributed by atoms with van der Waals surface area (Å²) < 4.78 is 7.12. The number of carbonyl (C=O) groups excluding carboxylic acids is 2. The van der Waals surface area contributed by atoms with E-state index in [1.165, 1.54) is 0 Å². The number of para-hydroxylation sites is 3. The summed E-state index contributed by atoms with van der Waals surface area (Å²) in [6.07, 6.45) is 1.49. The van der Waals surface area contributed by atoms with E-state index in [-0.39, 0.29) is 6.61 Å². The number of ether oxygens (including phenoxy) is 1. The van der Waals surface area contributed by atoms with Crippen molar-refractivity contribution in [2.45, 2.75) is 32.7 Å². The second kappa shape index (κ2) is 10.7. The molecule has 0 radical (unpaired) electrons. The summed E-state index contributed by atoms with van der Waals surface area (Å²) in [5, 5.41) is 5.38. The maximum absolute atomic E-state index is 12.3. The molecule has 0 aliphatic rings. The van der Waals surface area contributed by atoms with E-state index in [0.717, 1.165) is 41.0 Å². The maximum atomic E-state index is 12.3.